The van der Waals surface area contributed by atoms with Crippen molar-refractivity contribution in [1.29, 1.82) is 0 Å². The Hall–Kier alpha value is -0.200. The molecule has 0 spiro atoms. The highest BCUT2D eigenvalue weighted by molar-refractivity contribution is 4.63. The maximum absolute atomic E-state index is 10.7. The molecular weight excluding hydrogens is 753 g/mol. The van der Waals surface area contributed by atoms with Gasteiger partial charge in [-0.05, 0) is 19.3 Å². The second-order valence-electron chi connectivity index (χ2n) is 19.6. The molecule has 2 N–H and O–H groups in total. The summed E-state index contributed by atoms with van der Waals surface area (Å²) in [4.78, 5) is 0. The Labute approximate surface area is 384 Å². The highest BCUT2D eigenvalue weighted by Crippen LogP contribution is 2.18. The molecule has 5 heteroatoms. The molecule has 0 heterocycles. The predicted octanol–water partition coefficient (Wildman–Crippen LogP) is 17.7. The van der Waals surface area contributed by atoms with Crippen LogP contribution in [-0.2, 0) is 14.2 Å². The van der Waals surface area contributed by atoms with Crippen LogP contribution in [-0.4, -0.2) is 61.6 Å². The predicted molar refractivity (Wildman–Crippen MR) is 268 cm³/mol. The van der Waals surface area contributed by atoms with Gasteiger partial charge in [0.1, 0.15) is 0 Å². The van der Waals surface area contributed by atoms with E-state index in [-0.39, 0.29) is 18.3 Å². The highest BCUT2D eigenvalue weighted by atomic mass is 16.6. The first-order valence-electron chi connectivity index (χ1n) is 28.3. The van der Waals surface area contributed by atoms with Gasteiger partial charge in [-0.3, -0.25) is 0 Å². The van der Waals surface area contributed by atoms with Crippen LogP contribution in [0.3, 0.4) is 0 Å². The van der Waals surface area contributed by atoms with Crippen LogP contribution in [0, 0.1) is 0 Å². The van der Waals surface area contributed by atoms with Gasteiger partial charge in [-0.2, -0.15) is 0 Å². The normalized spacial score (nSPS) is 13.3. The largest absolute Gasteiger partial charge is 0.391 e. The first-order chi connectivity index (χ1) is 30.1. The summed E-state index contributed by atoms with van der Waals surface area (Å²) in [7, 11) is 0. The number of hydrogen-bond donors (Lipinski definition) is 2. The summed E-state index contributed by atoms with van der Waals surface area (Å²) in [6.45, 7) is 9.25. The van der Waals surface area contributed by atoms with Crippen molar-refractivity contribution in [2.45, 2.75) is 328 Å². The van der Waals surface area contributed by atoms with E-state index in [0.717, 1.165) is 38.5 Å². The van der Waals surface area contributed by atoms with Crippen LogP contribution in [0.2, 0.25) is 0 Å². The van der Waals surface area contributed by atoms with Gasteiger partial charge in [0.2, 0.25) is 0 Å². The Balaban J connectivity index is 4.11. The third kappa shape index (κ3) is 52.3. The van der Waals surface area contributed by atoms with Gasteiger partial charge in [0.05, 0.1) is 51.3 Å². The zero-order valence-corrected chi connectivity index (χ0v) is 42.2. The van der Waals surface area contributed by atoms with E-state index in [1.54, 1.807) is 0 Å². The summed E-state index contributed by atoms with van der Waals surface area (Å²) in [6, 6.07) is 0. The molecule has 0 fully saturated rings. The summed E-state index contributed by atoms with van der Waals surface area (Å²) < 4.78 is 18.1. The zero-order valence-electron chi connectivity index (χ0n) is 42.2. The molecule has 0 saturated carbocycles. The standard InChI is InChI=1S/C56H114O5/c1-4-7-10-13-16-19-22-25-28-31-34-37-40-43-46-54(57)51-59-49-50-60-53-56(48-45-42-39-36-33-30-27-24-21-18-15-12-9-6-3)61-52-55(58)47-44-41-38-35-32-29-26-23-20-17-14-11-8-5-2/h54-58H,4-53H2,1-3H3. The second-order valence-corrected chi connectivity index (χ2v) is 19.6. The van der Waals surface area contributed by atoms with Gasteiger partial charge in [-0.25, -0.2) is 0 Å². The van der Waals surface area contributed by atoms with Gasteiger partial charge in [-0.1, -0.05) is 290 Å². The Morgan fingerprint density at radius 1 is 0.262 bits per heavy atom. The zero-order chi connectivity index (χ0) is 44.2. The Morgan fingerprint density at radius 2 is 0.492 bits per heavy atom. The second kappa shape index (κ2) is 54.1. The molecule has 0 amide bonds. The first-order valence-corrected chi connectivity index (χ1v) is 28.3. The summed E-state index contributed by atoms with van der Waals surface area (Å²) in [6.07, 6.45) is 58.9. The van der Waals surface area contributed by atoms with Gasteiger partial charge in [0, 0.05) is 0 Å². The van der Waals surface area contributed by atoms with Crippen molar-refractivity contribution >= 4 is 0 Å². The number of ether oxygens (including phenoxy) is 3. The van der Waals surface area contributed by atoms with E-state index in [0.29, 0.717) is 33.0 Å². The van der Waals surface area contributed by atoms with Crippen LogP contribution in [0.4, 0.5) is 0 Å². The maximum Gasteiger partial charge on any atom is 0.0809 e. The third-order valence-corrected chi connectivity index (χ3v) is 13.2. The molecule has 0 aliphatic carbocycles. The molecule has 0 aliphatic heterocycles. The van der Waals surface area contributed by atoms with Gasteiger partial charge in [0.25, 0.3) is 0 Å². The van der Waals surface area contributed by atoms with E-state index in [1.807, 2.05) is 0 Å². The van der Waals surface area contributed by atoms with Crippen molar-refractivity contribution in [1.82, 2.24) is 0 Å². The van der Waals surface area contributed by atoms with Crippen LogP contribution in [0.15, 0.2) is 0 Å². The number of hydrogen-bond acceptors (Lipinski definition) is 5. The molecule has 3 unspecified atom stereocenters. The van der Waals surface area contributed by atoms with E-state index >= 15 is 0 Å². The fourth-order valence-electron chi connectivity index (χ4n) is 8.90. The van der Waals surface area contributed by atoms with Crippen molar-refractivity contribution in [3.05, 3.63) is 0 Å². The van der Waals surface area contributed by atoms with Crippen molar-refractivity contribution in [2.75, 3.05) is 33.0 Å². The van der Waals surface area contributed by atoms with Gasteiger partial charge >= 0.3 is 0 Å². The monoisotopic (exact) mass is 867 g/mol. The Bertz CT molecular complexity index is 763. The molecular formula is C56H114O5. The molecule has 0 aromatic rings. The topological polar surface area (TPSA) is 68.2 Å². The summed E-state index contributed by atoms with van der Waals surface area (Å²) in [5, 5.41) is 21.2. The van der Waals surface area contributed by atoms with E-state index in [4.69, 9.17) is 14.2 Å². The number of unbranched alkanes of at least 4 members (excludes halogenated alkanes) is 39. The molecule has 368 valence electrons. The van der Waals surface area contributed by atoms with Crippen LogP contribution in [0.5, 0.6) is 0 Å². The molecule has 0 rings (SSSR count). The van der Waals surface area contributed by atoms with Crippen molar-refractivity contribution < 1.29 is 24.4 Å². The van der Waals surface area contributed by atoms with Crippen LogP contribution >= 0.6 is 0 Å². The molecule has 61 heavy (non-hydrogen) atoms. The molecule has 0 bridgehead atoms. The molecule has 0 aromatic heterocycles. The van der Waals surface area contributed by atoms with E-state index in [9.17, 15) is 10.2 Å². The van der Waals surface area contributed by atoms with E-state index in [1.165, 1.54) is 250 Å². The van der Waals surface area contributed by atoms with E-state index < -0.39 is 0 Å². The Morgan fingerprint density at radius 3 is 0.787 bits per heavy atom. The number of aliphatic hydroxyl groups is 2. The molecule has 5 nitrogen and oxygen atoms in total. The van der Waals surface area contributed by atoms with Crippen LogP contribution in [0.25, 0.3) is 0 Å². The van der Waals surface area contributed by atoms with Crippen LogP contribution < -0.4 is 0 Å². The lowest BCUT2D eigenvalue weighted by Crippen LogP contribution is -2.26. The smallest absolute Gasteiger partial charge is 0.0809 e. The highest BCUT2D eigenvalue weighted by Gasteiger charge is 2.13. The fraction of sp³-hybridized carbons (Fsp3) is 1.00. The van der Waals surface area contributed by atoms with Gasteiger partial charge < -0.3 is 24.4 Å². The summed E-state index contributed by atoms with van der Waals surface area (Å²) in [5.74, 6) is 0. The molecule has 3 atom stereocenters. The minimum atomic E-state index is -0.388. The van der Waals surface area contributed by atoms with Gasteiger partial charge in [0.15, 0.2) is 0 Å². The number of rotatable bonds is 55. The summed E-state index contributed by atoms with van der Waals surface area (Å²) >= 11 is 0. The van der Waals surface area contributed by atoms with Crippen molar-refractivity contribution in [3.8, 4) is 0 Å². The van der Waals surface area contributed by atoms with E-state index in [2.05, 4.69) is 20.8 Å². The molecule has 0 aromatic carbocycles. The van der Waals surface area contributed by atoms with Crippen molar-refractivity contribution in [2.24, 2.45) is 0 Å². The SMILES string of the molecule is CCCCCCCCCCCCCCCCC(O)COCCOCC(CCCCCCCCCCCCCCCC)OCC(O)CCCCCCCCCCCCCCCC. The first kappa shape index (κ1) is 60.8. The van der Waals surface area contributed by atoms with Crippen molar-refractivity contribution in [3.63, 3.8) is 0 Å². The number of aliphatic hydroxyl groups excluding tert-OH is 2. The lowest BCUT2D eigenvalue weighted by Gasteiger charge is -2.20. The van der Waals surface area contributed by atoms with Gasteiger partial charge in [-0.15, -0.1) is 0 Å². The molecule has 0 aliphatic rings. The minimum Gasteiger partial charge on any atom is -0.391 e. The quantitative estimate of drug-likeness (QED) is 0.0596. The molecule has 0 saturated heterocycles. The summed E-state index contributed by atoms with van der Waals surface area (Å²) in [5.41, 5.74) is 0. The lowest BCUT2D eigenvalue weighted by molar-refractivity contribution is -0.0647. The average Bonchev–Trinajstić information content (AvgIpc) is 3.26. The lowest BCUT2D eigenvalue weighted by atomic mass is 10.0. The minimum absolute atomic E-state index is 0.0224. The maximum atomic E-state index is 10.7. The average molecular weight is 868 g/mol. The fourth-order valence-corrected chi connectivity index (χ4v) is 8.90. The Kier molecular flexibility index (Phi) is 54.0. The third-order valence-electron chi connectivity index (χ3n) is 13.2. The van der Waals surface area contributed by atoms with Crippen LogP contribution in [0.1, 0.15) is 310 Å². The molecule has 0 radical (unpaired) electrons.